The maximum atomic E-state index is 12.9. The number of halogens is 1. The summed E-state index contributed by atoms with van der Waals surface area (Å²) in [5, 5.41) is 7.87. The Labute approximate surface area is 206 Å². The monoisotopic (exact) mass is 492 g/mol. The Morgan fingerprint density at radius 3 is 2.51 bits per heavy atom. The summed E-state index contributed by atoms with van der Waals surface area (Å²) in [5.74, 6) is 0.0137. The van der Waals surface area contributed by atoms with Crippen LogP contribution in [0.2, 0.25) is 5.02 Å². The van der Waals surface area contributed by atoms with Gasteiger partial charge in [0.1, 0.15) is 5.70 Å². The number of fused-ring (bicyclic) bond motifs is 1. The van der Waals surface area contributed by atoms with Crippen LogP contribution < -0.4 is 10.9 Å². The van der Waals surface area contributed by atoms with Crippen molar-refractivity contribution >= 4 is 39.8 Å². The fourth-order valence-electron chi connectivity index (χ4n) is 4.31. The van der Waals surface area contributed by atoms with E-state index in [9.17, 15) is 9.59 Å². The van der Waals surface area contributed by atoms with Gasteiger partial charge >= 0.3 is 0 Å². The van der Waals surface area contributed by atoms with Crippen molar-refractivity contribution in [2.45, 2.75) is 6.04 Å². The van der Waals surface area contributed by atoms with Gasteiger partial charge in [0.05, 0.1) is 24.8 Å². The first kappa shape index (κ1) is 23.2. The highest BCUT2D eigenvalue weighted by molar-refractivity contribution is 6.31. The molecule has 0 spiro atoms. The molecular formula is C25H25ClN6O3. The van der Waals surface area contributed by atoms with Gasteiger partial charge in [0.25, 0.3) is 11.5 Å². The van der Waals surface area contributed by atoms with Gasteiger partial charge in [0, 0.05) is 59.6 Å². The summed E-state index contributed by atoms with van der Waals surface area (Å²) in [4.78, 5) is 32.5. The molecule has 2 aromatic carbocycles. The summed E-state index contributed by atoms with van der Waals surface area (Å²) in [6.45, 7) is 4.72. The maximum Gasteiger partial charge on any atom is 0.258 e. The van der Waals surface area contributed by atoms with Crippen molar-refractivity contribution in [2.24, 2.45) is 5.11 Å². The number of aromatic amines is 1. The molecule has 0 bridgehead atoms. The van der Waals surface area contributed by atoms with E-state index in [-0.39, 0.29) is 22.7 Å². The summed E-state index contributed by atoms with van der Waals surface area (Å²) in [6, 6.07) is 14.4. The average molecular weight is 493 g/mol. The van der Waals surface area contributed by atoms with Gasteiger partial charge in [-0.05, 0) is 48.5 Å². The molecule has 5 rings (SSSR count). The molecule has 0 atom stereocenters. The van der Waals surface area contributed by atoms with E-state index in [4.69, 9.17) is 21.9 Å². The molecule has 3 heterocycles. The minimum atomic E-state index is -0.352. The number of nitrogens with zero attached hydrogens (tertiary/aromatic N) is 3. The number of hydrogen-bond donors (Lipinski definition) is 3. The lowest BCUT2D eigenvalue weighted by atomic mass is 10.1. The van der Waals surface area contributed by atoms with Crippen molar-refractivity contribution in [1.82, 2.24) is 14.8 Å². The fraction of sp³-hybridized carbons (Fsp3) is 0.280. The highest BCUT2D eigenvalue weighted by Gasteiger charge is 2.30. The number of carbonyl (C=O) groups excluding carboxylic acids is 1. The predicted octanol–water partition coefficient (Wildman–Crippen LogP) is 3.78. The average Bonchev–Trinajstić information content (AvgIpc) is 2.84. The van der Waals surface area contributed by atoms with E-state index in [0.717, 1.165) is 31.7 Å². The molecule has 10 heteroatoms. The molecule has 180 valence electrons. The van der Waals surface area contributed by atoms with Crippen molar-refractivity contribution < 1.29 is 9.53 Å². The lowest BCUT2D eigenvalue weighted by molar-refractivity contribution is -0.0746. The molecule has 0 saturated carbocycles. The molecule has 0 unspecified atom stereocenters. The lowest BCUT2D eigenvalue weighted by Crippen LogP contribution is -2.57. The second kappa shape index (κ2) is 9.99. The maximum absolute atomic E-state index is 12.9. The molecule has 2 fully saturated rings. The summed E-state index contributed by atoms with van der Waals surface area (Å²) >= 11 is 6.06. The second-order valence-electron chi connectivity index (χ2n) is 8.63. The number of H-pyrrole nitrogens is 1. The van der Waals surface area contributed by atoms with E-state index < -0.39 is 0 Å². The molecule has 0 radical (unpaired) electrons. The number of anilines is 1. The number of pyridine rings is 1. The van der Waals surface area contributed by atoms with Crippen molar-refractivity contribution in [3.05, 3.63) is 81.2 Å². The van der Waals surface area contributed by atoms with Crippen molar-refractivity contribution in [3.8, 4) is 0 Å². The normalized spacial score (nSPS) is 17.3. The van der Waals surface area contributed by atoms with Crippen LogP contribution in [0, 0.1) is 5.53 Å². The fourth-order valence-corrected chi connectivity index (χ4v) is 4.49. The van der Waals surface area contributed by atoms with Crippen LogP contribution in [0.1, 0.15) is 15.9 Å². The van der Waals surface area contributed by atoms with E-state index >= 15 is 0 Å². The molecule has 1 amide bonds. The van der Waals surface area contributed by atoms with E-state index in [0.29, 0.717) is 40.9 Å². The Kier molecular flexibility index (Phi) is 6.63. The van der Waals surface area contributed by atoms with Crippen LogP contribution in [-0.2, 0) is 4.74 Å². The van der Waals surface area contributed by atoms with E-state index in [2.05, 4.69) is 20.3 Å². The zero-order chi connectivity index (χ0) is 24.4. The number of ether oxygens (including phenoxy) is 1. The third kappa shape index (κ3) is 4.97. The quantitative estimate of drug-likeness (QED) is 0.453. The molecular weight excluding hydrogens is 468 g/mol. The number of amides is 1. The molecule has 9 nitrogen and oxygen atoms in total. The van der Waals surface area contributed by atoms with Gasteiger partial charge in [-0.25, -0.2) is 5.53 Å². The topological polar surface area (TPSA) is 114 Å². The summed E-state index contributed by atoms with van der Waals surface area (Å²) < 4.78 is 5.27. The Bertz CT molecular complexity index is 1340. The molecule has 3 N–H and O–H groups in total. The van der Waals surface area contributed by atoms with Gasteiger partial charge in [0.15, 0.2) is 0 Å². The van der Waals surface area contributed by atoms with Crippen LogP contribution in [0.3, 0.4) is 0 Å². The van der Waals surface area contributed by atoms with Crippen LogP contribution in [0.15, 0.2) is 64.6 Å². The highest BCUT2D eigenvalue weighted by Crippen LogP contribution is 2.21. The third-order valence-corrected chi connectivity index (χ3v) is 6.68. The smallest absolute Gasteiger partial charge is 0.258 e. The minimum absolute atomic E-state index is 0.0137. The summed E-state index contributed by atoms with van der Waals surface area (Å²) in [5.41, 5.74) is 9.59. The SMILES string of the molecule is N=N/C(=C\Nc1ccc(C(=O)N2CCN(C3COC3)CC2)cc1)c1cc2cc(Cl)ccc2[nH]c1=O. The first-order valence-corrected chi connectivity index (χ1v) is 11.8. The Balaban J connectivity index is 1.26. The largest absolute Gasteiger partial charge is 0.378 e. The molecule has 2 aliphatic rings. The molecule has 1 aromatic heterocycles. The van der Waals surface area contributed by atoms with Crippen LogP contribution >= 0.6 is 11.6 Å². The Morgan fingerprint density at radius 1 is 1.11 bits per heavy atom. The summed E-state index contributed by atoms with van der Waals surface area (Å²) in [7, 11) is 0. The first-order chi connectivity index (χ1) is 17.0. The number of nitrogens with one attached hydrogen (secondary N) is 3. The van der Waals surface area contributed by atoms with E-state index in [1.807, 2.05) is 4.90 Å². The second-order valence-corrected chi connectivity index (χ2v) is 9.06. The standard InChI is InChI=1S/C25H25ClN6O3/c26-18-3-6-22-17(11-18)12-21(24(33)29-22)23(30-27)13-28-19-4-1-16(2-5-19)25(34)32-9-7-31(8-10-32)20-14-35-15-20/h1-6,11-13,20,27-28H,7-10,14-15H2,(H,29,33)/b23-13-,30-27?. The number of benzene rings is 2. The predicted molar refractivity (Wildman–Crippen MR) is 135 cm³/mol. The number of aromatic nitrogens is 1. The molecule has 2 saturated heterocycles. The first-order valence-electron chi connectivity index (χ1n) is 11.4. The van der Waals surface area contributed by atoms with Gasteiger partial charge in [-0.15, -0.1) is 0 Å². The molecule has 35 heavy (non-hydrogen) atoms. The van der Waals surface area contributed by atoms with Crippen LogP contribution in [0.5, 0.6) is 0 Å². The Hall–Kier alpha value is -3.53. The van der Waals surface area contributed by atoms with Crippen molar-refractivity contribution in [1.29, 1.82) is 5.53 Å². The highest BCUT2D eigenvalue weighted by atomic mass is 35.5. The van der Waals surface area contributed by atoms with Gasteiger partial charge in [-0.3, -0.25) is 14.5 Å². The van der Waals surface area contributed by atoms with Crippen molar-refractivity contribution in [2.75, 3.05) is 44.7 Å². The zero-order valence-corrected chi connectivity index (χ0v) is 19.7. The van der Waals surface area contributed by atoms with Gasteiger partial charge < -0.3 is 19.9 Å². The number of carbonyl (C=O) groups is 1. The van der Waals surface area contributed by atoms with E-state index in [1.54, 1.807) is 48.5 Å². The van der Waals surface area contributed by atoms with Crippen molar-refractivity contribution in [3.63, 3.8) is 0 Å². The third-order valence-electron chi connectivity index (χ3n) is 6.45. The number of hydrogen-bond acceptors (Lipinski definition) is 7. The molecule has 0 aliphatic carbocycles. The van der Waals surface area contributed by atoms with Crippen LogP contribution in [0.25, 0.3) is 16.6 Å². The minimum Gasteiger partial charge on any atom is -0.378 e. The molecule has 2 aliphatic heterocycles. The number of rotatable bonds is 6. The zero-order valence-electron chi connectivity index (χ0n) is 19.0. The van der Waals surface area contributed by atoms with Crippen LogP contribution in [-0.4, -0.2) is 66.1 Å². The lowest BCUT2D eigenvalue weighted by Gasteiger charge is -2.42. The summed E-state index contributed by atoms with van der Waals surface area (Å²) in [6.07, 6.45) is 1.49. The van der Waals surface area contributed by atoms with E-state index in [1.165, 1.54) is 6.20 Å². The molecule has 3 aromatic rings. The van der Waals surface area contributed by atoms with Gasteiger partial charge in [-0.2, -0.15) is 5.11 Å². The van der Waals surface area contributed by atoms with Gasteiger partial charge in [0.2, 0.25) is 0 Å². The van der Waals surface area contributed by atoms with Gasteiger partial charge in [-0.1, -0.05) is 11.6 Å². The van der Waals surface area contributed by atoms with Crippen LogP contribution in [0.4, 0.5) is 5.69 Å². The number of piperazine rings is 1. The Morgan fingerprint density at radius 2 is 1.86 bits per heavy atom.